The van der Waals surface area contributed by atoms with E-state index >= 15 is 0 Å². The van der Waals surface area contributed by atoms with Crippen molar-refractivity contribution in [2.45, 2.75) is 26.9 Å². The average Bonchev–Trinajstić information content (AvgIpc) is 3.20. The largest absolute Gasteiger partial charge is 0.483 e. The first kappa shape index (κ1) is 21.7. The van der Waals surface area contributed by atoms with E-state index in [1.807, 2.05) is 37.3 Å². The van der Waals surface area contributed by atoms with Crippen LogP contribution in [0.4, 0.5) is 0 Å². The van der Waals surface area contributed by atoms with Crippen molar-refractivity contribution in [2.24, 2.45) is 5.73 Å². The molecule has 130 valence electrons. The molecule has 1 aliphatic heterocycles. The van der Waals surface area contributed by atoms with E-state index in [-0.39, 0.29) is 52.7 Å². The monoisotopic (exact) mass is 463 g/mol. The zero-order valence-electron chi connectivity index (χ0n) is 13.2. The number of nitrogens with two attached hydrogens (primary N) is 1. The summed E-state index contributed by atoms with van der Waals surface area (Å²) in [6, 6.07) is 9.83. The molecule has 0 spiro atoms. The molecule has 2 N–H and O–H groups in total. The van der Waals surface area contributed by atoms with E-state index in [1.165, 1.54) is 6.92 Å². The Balaban J connectivity index is 0.00000102. The summed E-state index contributed by atoms with van der Waals surface area (Å²) in [4.78, 5) is 13.6. The molecule has 1 aliphatic rings. The molecule has 0 saturated carbocycles. The molecule has 0 amide bonds. The number of hydrogen-bond donors (Lipinski definition) is 1. The van der Waals surface area contributed by atoms with Crippen LogP contribution in [0.15, 0.2) is 41.8 Å². The number of Topliss-reactive ketones (excluding diaryl/α,β-unsaturated/α-hetero) is 1. The molecular weight excluding hydrogens is 437 g/mol. The van der Waals surface area contributed by atoms with E-state index in [0.717, 1.165) is 30.8 Å². The Morgan fingerprint density at radius 2 is 1.95 bits per heavy atom. The van der Waals surface area contributed by atoms with Gasteiger partial charge in [0.25, 0.3) is 0 Å². The van der Waals surface area contributed by atoms with Crippen molar-refractivity contribution >= 4 is 5.78 Å². The van der Waals surface area contributed by atoms with Gasteiger partial charge in [-0.1, -0.05) is 37.3 Å². The van der Waals surface area contributed by atoms with Gasteiger partial charge < -0.3 is 22.3 Å². The molecule has 22 heavy (non-hydrogen) atoms. The van der Waals surface area contributed by atoms with Crippen molar-refractivity contribution in [3.63, 3.8) is 0 Å². The van der Waals surface area contributed by atoms with Gasteiger partial charge in [0.2, 0.25) is 0 Å². The first-order valence-corrected chi connectivity index (χ1v) is 7.29. The maximum Gasteiger partial charge on any atom is 0.196 e. The number of hydrogen-bond acceptors (Lipinski definition) is 4. The molecule has 0 atom stereocenters. The summed E-state index contributed by atoms with van der Waals surface area (Å²) in [6.07, 6.45) is 1.00. The van der Waals surface area contributed by atoms with Gasteiger partial charge in [-0.3, -0.25) is 4.79 Å². The number of rotatable bonds is 6. The van der Waals surface area contributed by atoms with Gasteiger partial charge in [-0.15, -0.1) is 0 Å². The van der Waals surface area contributed by atoms with Crippen LogP contribution in [0.3, 0.4) is 0 Å². The zero-order chi connectivity index (χ0) is 15.7. The number of nitrogens with zero attached hydrogens (tertiary/aromatic N) is 1. The Morgan fingerprint density at radius 3 is 2.45 bits per heavy atom. The van der Waals surface area contributed by atoms with Gasteiger partial charge in [-0.25, -0.2) is 0 Å². The second kappa shape index (κ2) is 12.2. The van der Waals surface area contributed by atoms with Crippen molar-refractivity contribution in [3.8, 4) is 0 Å². The molecule has 5 heteroatoms. The van der Waals surface area contributed by atoms with Crippen LogP contribution < -0.4 is 5.73 Å². The van der Waals surface area contributed by atoms with E-state index in [4.69, 9.17) is 10.5 Å². The normalized spacial score (nSPS) is 14.3. The SMILES string of the molecule is CC(=O)/C(OCc1ccccc1)=C1\CN1CCN.[CH2-]CC.[Yb]. The van der Waals surface area contributed by atoms with Gasteiger partial charge in [0, 0.05) is 66.9 Å². The smallest absolute Gasteiger partial charge is 0.196 e. The van der Waals surface area contributed by atoms with E-state index in [1.54, 1.807) is 0 Å². The molecule has 1 saturated heterocycles. The van der Waals surface area contributed by atoms with Crippen LogP contribution in [0.2, 0.25) is 0 Å². The second-order valence-corrected chi connectivity index (χ2v) is 4.82. The second-order valence-electron chi connectivity index (χ2n) is 4.82. The Bertz CT molecular complexity index is 475. The van der Waals surface area contributed by atoms with Crippen molar-refractivity contribution < 1.29 is 56.5 Å². The van der Waals surface area contributed by atoms with E-state index < -0.39 is 0 Å². The van der Waals surface area contributed by atoms with Gasteiger partial charge in [0.1, 0.15) is 6.61 Å². The Labute approximate surface area is 172 Å². The fourth-order valence-electron chi connectivity index (χ4n) is 1.85. The number of ketones is 1. The molecular formula is C17H25N2O2Yb-. The molecule has 2 rings (SSSR count). The van der Waals surface area contributed by atoms with Crippen molar-refractivity contribution in [2.75, 3.05) is 19.6 Å². The van der Waals surface area contributed by atoms with E-state index in [9.17, 15) is 4.79 Å². The Hall–Kier alpha value is -0.291. The molecule has 0 unspecified atom stereocenters. The Kier molecular flexibility index (Phi) is 12.0. The Morgan fingerprint density at radius 1 is 1.36 bits per heavy atom. The summed E-state index contributed by atoms with van der Waals surface area (Å²) in [5.41, 5.74) is 7.52. The minimum absolute atomic E-state index is 0. The first-order chi connectivity index (χ1) is 10.1. The number of ether oxygens (including phenoxy) is 1. The molecule has 1 fully saturated rings. The van der Waals surface area contributed by atoms with Crippen LogP contribution in [-0.2, 0) is 16.1 Å². The molecule has 1 aromatic carbocycles. The van der Waals surface area contributed by atoms with Crippen LogP contribution >= 0.6 is 0 Å². The standard InChI is InChI=1S/C14H18N2O2.C3H7.Yb/c1-11(17)14(13-9-16(13)8-7-15)18-10-12-5-3-2-4-6-12;1-3-2;/h2-6H,7-10,15H2,1H3;1,3H2,2H3;/q;-1;/b14-13-;;. The van der Waals surface area contributed by atoms with Crippen LogP contribution in [0.5, 0.6) is 0 Å². The fraction of sp³-hybridized carbons (Fsp3) is 0.412. The summed E-state index contributed by atoms with van der Waals surface area (Å²) in [7, 11) is 0. The summed E-state index contributed by atoms with van der Waals surface area (Å²) in [5, 5.41) is 0. The molecule has 0 aromatic heterocycles. The van der Waals surface area contributed by atoms with Gasteiger partial charge in [0.15, 0.2) is 11.5 Å². The van der Waals surface area contributed by atoms with Gasteiger partial charge >= 0.3 is 0 Å². The molecule has 1 aromatic rings. The summed E-state index contributed by atoms with van der Waals surface area (Å²) >= 11 is 0. The van der Waals surface area contributed by atoms with Crippen LogP contribution in [0.1, 0.15) is 25.8 Å². The van der Waals surface area contributed by atoms with Crippen molar-refractivity contribution in [1.82, 2.24) is 4.90 Å². The number of allylic oxidation sites excluding steroid dienone is 1. The zero-order valence-corrected chi connectivity index (χ0v) is 15.0. The predicted molar refractivity (Wildman–Crippen MR) is 85.2 cm³/mol. The minimum atomic E-state index is -0.0274. The molecule has 0 radical (unpaired) electrons. The van der Waals surface area contributed by atoms with E-state index in [2.05, 4.69) is 11.8 Å². The predicted octanol–water partition coefficient (Wildman–Crippen LogP) is 2.51. The van der Waals surface area contributed by atoms with E-state index in [0.29, 0.717) is 18.9 Å². The molecule has 0 aliphatic carbocycles. The summed E-state index contributed by atoms with van der Waals surface area (Å²) in [5.74, 6) is 0.452. The van der Waals surface area contributed by atoms with Crippen LogP contribution in [0, 0.1) is 53.8 Å². The summed E-state index contributed by atoms with van der Waals surface area (Å²) in [6.45, 7) is 9.62. The molecule has 4 nitrogen and oxygen atoms in total. The van der Waals surface area contributed by atoms with Crippen LogP contribution in [0.25, 0.3) is 0 Å². The third-order valence-corrected chi connectivity index (χ3v) is 2.83. The fourth-order valence-corrected chi connectivity index (χ4v) is 1.85. The quantitative estimate of drug-likeness (QED) is 0.306. The average molecular weight is 462 g/mol. The third-order valence-electron chi connectivity index (χ3n) is 2.83. The van der Waals surface area contributed by atoms with Gasteiger partial charge in [-0.2, -0.15) is 6.42 Å². The number of carbonyl (C=O) groups is 1. The number of carbonyl (C=O) groups excluding carboxylic acids is 1. The first-order valence-electron chi connectivity index (χ1n) is 7.29. The van der Waals surface area contributed by atoms with Gasteiger partial charge in [-0.05, 0) is 5.56 Å². The molecule has 1 heterocycles. The van der Waals surface area contributed by atoms with Gasteiger partial charge in [0.05, 0.1) is 12.2 Å². The van der Waals surface area contributed by atoms with Crippen molar-refractivity contribution in [1.29, 1.82) is 0 Å². The minimum Gasteiger partial charge on any atom is -0.483 e. The maximum absolute atomic E-state index is 11.6. The topological polar surface area (TPSA) is 55.3 Å². The van der Waals surface area contributed by atoms with Crippen LogP contribution in [-0.4, -0.2) is 30.3 Å². The summed E-state index contributed by atoms with van der Waals surface area (Å²) < 4.78 is 5.64. The number of benzene rings is 1. The molecule has 0 bridgehead atoms. The maximum atomic E-state index is 11.6. The third kappa shape index (κ3) is 7.82. The van der Waals surface area contributed by atoms with Crippen molar-refractivity contribution in [3.05, 3.63) is 54.3 Å².